The van der Waals surface area contributed by atoms with Crippen molar-refractivity contribution in [2.45, 2.75) is 39.4 Å². The maximum absolute atomic E-state index is 12.6. The number of rotatable bonds is 6. The van der Waals surface area contributed by atoms with E-state index >= 15 is 0 Å². The highest BCUT2D eigenvalue weighted by Gasteiger charge is 2.30. The molecule has 0 aliphatic carbocycles. The number of nitriles is 1. The highest BCUT2D eigenvalue weighted by molar-refractivity contribution is 5.25. The van der Waals surface area contributed by atoms with Gasteiger partial charge in [-0.25, -0.2) is 0 Å². The summed E-state index contributed by atoms with van der Waals surface area (Å²) in [7, 11) is 0. The van der Waals surface area contributed by atoms with Crippen molar-refractivity contribution < 1.29 is 13.2 Å². The molecule has 0 bridgehead atoms. The number of nitrogens with zero attached hydrogens (tertiary/aromatic N) is 1. The van der Waals surface area contributed by atoms with Gasteiger partial charge in [0.1, 0.15) is 0 Å². The molecule has 0 atom stereocenters. The van der Waals surface area contributed by atoms with Crippen molar-refractivity contribution in [3.8, 4) is 6.07 Å². The molecule has 0 heterocycles. The molecule has 20 heavy (non-hydrogen) atoms. The molecule has 1 rings (SSSR count). The molecule has 1 aromatic rings. The van der Waals surface area contributed by atoms with E-state index in [0.29, 0.717) is 25.1 Å². The van der Waals surface area contributed by atoms with E-state index in [-0.39, 0.29) is 5.41 Å². The van der Waals surface area contributed by atoms with Crippen molar-refractivity contribution in [1.29, 1.82) is 5.26 Å². The summed E-state index contributed by atoms with van der Waals surface area (Å²) in [6, 6.07) is 7.42. The summed E-state index contributed by atoms with van der Waals surface area (Å²) in [5.41, 5.74) is -0.0615. The second kappa shape index (κ2) is 6.76. The smallest absolute Gasteiger partial charge is 0.312 e. The predicted octanol–water partition coefficient (Wildman–Crippen LogP) is 4.12. The molecule has 0 radical (unpaired) electrons. The zero-order valence-electron chi connectivity index (χ0n) is 11.7. The van der Waals surface area contributed by atoms with E-state index in [9.17, 15) is 13.2 Å². The number of benzene rings is 1. The Kier molecular flexibility index (Phi) is 5.58. The van der Waals surface area contributed by atoms with Gasteiger partial charge >= 0.3 is 6.18 Å². The van der Waals surface area contributed by atoms with Gasteiger partial charge in [-0.3, -0.25) is 0 Å². The maximum atomic E-state index is 12.6. The minimum Gasteiger partial charge on any atom is -0.312 e. The minimum atomic E-state index is -4.30. The van der Waals surface area contributed by atoms with Crippen LogP contribution in [0.1, 0.15) is 37.8 Å². The molecular formula is C15H19F3N2. The average Bonchev–Trinajstić information content (AvgIpc) is 2.36. The number of hydrogen-bond donors (Lipinski definition) is 1. The third kappa shape index (κ3) is 5.62. The molecule has 110 valence electrons. The fourth-order valence-electron chi connectivity index (χ4n) is 1.89. The second-order valence-electron chi connectivity index (χ2n) is 5.62. The van der Waals surface area contributed by atoms with E-state index in [1.165, 1.54) is 6.07 Å². The van der Waals surface area contributed by atoms with E-state index in [0.717, 1.165) is 18.6 Å². The third-order valence-corrected chi connectivity index (χ3v) is 3.10. The molecule has 0 spiro atoms. The first-order valence-corrected chi connectivity index (χ1v) is 6.48. The van der Waals surface area contributed by atoms with Crippen LogP contribution in [0, 0.1) is 16.7 Å². The van der Waals surface area contributed by atoms with Crippen molar-refractivity contribution in [3.63, 3.8) is 0 Å². The summed E-state index contributed by atoms with van der Waals surface area (Å²) in [6.07, 6.45) is -3.06. The molecule has 1 aromatic carbocycles. The predicted molar refractivity (Wildman–Crippen MR) is 71.8 cm³/mol. The topological polar surface area (TPSA) is 35.8 Å². The molecule has 2 nitrogen and oxygen atoms in total. The van der Waals surface area contributed by atoms with Gasteiger partial charge in [0.15, 0.2) is 0 Å². The number of alkyl halides is 3. The Labute approximate surface area is 117 Å². The Balaban J connectivity index is 2.53. The summed E-state index contributed by atoms with van der Waals surface area (Å²) in [6.45, 7) is 5.11. The van der Waals surface area contributed by atoms with Crippen LogP contribution < -0.4 is 5.32 Å². The van der Waals surface area contributed by atoms with E-state index in [2.05, 4.69) is 11.4 Å². The second-order valence-corrected chi connectivity index (χ2v) is 5.62. The Bertz CT molecular complexity index is 473. The molecule has 0 saturated carbocycles. The molecule has 0 amide bonds. The largest absolute Gasteiger partial charge is 0.416 e. The monoisotopic (exact) mass is 284 g/mol. The van der Waals surface area contributed by atoms with Gasteiger partial charge in [0.25, 0.3) is 0 Å². The van der Waals surface area contributed by atoms with Gasteiger partial charge in [-0.1, -0.05) is 32.0 Å². The molecule has 5 heteroatoms. The lowest BCUT2D eigenvalue weighted by atomic mass is 9.88. The lowest BCUT2D eigenvalue weighted by Gasteiger charge is -2.24. The quantitative estimate of drug-likeness (QED) is 0.852. The third-order valence-electron chi connectivity index (χ3n) is 3.10. The number of hydrogen-bond acceptors (Lipinski definition) is 2. The summed E-state index contributed by atoms with van der Waals surface area (Å²) in [5, 5.41) is 11.7. The summed E-state index contributed by atoms with van der Waals surface area (Å²) >= 11 is 0. The van der Waals surface area contributed by atoms with Gasteiger partial charge in [-0.05, 0) is 23.5 Å². The van der Waals surface area contributed by atoms with Crippen LogP contribution in [0.5, 0.6) is 0 Å². The number of nitrogens with one attached hydrogen (secondary N) is 1. The highest BCUT2D eigenvalue weighted by atomic mass is 19.4. The fraction of sp³-hybridized carbons (Fsp3) is 0.533. The molecule has 0 saturated heterocycles. The lowest BCUT2D eigenvalue weighted by molar-refractivity contribution is -0.137. The normalized spacial score (nSPS) is 12.2. The van der Waals surface area contributed by atoms with Crippen LogP contribution in [0.2, 0.25) is 0 Å². The van der Waals surface area contributed by atoms with Crippen molar-refractivity contribution in [2.24, 2.45) is 5.41 Å². The van der Waals surface area contributed by atoms with E-state index in [1.807, 2.05) is 13.8 Å². The van der Waals surface area contributed by atoms with Crippen LogP contribution >= 0.6 is 0 Å². The molecule has 0 fully saturated rings. The van der Waals surface area contributed by atoms with Crippen LogP contribution in [-0.4, -0.2) is 6.54 Å². The summed E-state index contributed by atoms with van der Waals surface area (Å²) < 4.78 is 37.7. The Morgan fingerprint density at radius 1 is 1.25 bits per heavy atom. The molecule has 0 aromatic heterocycles. The van der Waals surface area contributed by atoms with Crippen LogP contribution in [0.25, 0.3) is 0 Å². The van der Waals surface area contributed by atoms with Crippen LogP contribution in [0.15, 0.2) is 24.3 Å². The zero-order chi connectivity index (χ0) is 15.2. The molecule has 1 N–H and O–H groups in total. The SMILES string of the molecule is CC(C)(CCC#N)CNCc1cccc(C(F)(F)F)c1. The fourth-order valence-corrected chi connectivity index (χ4v) is 1.89. The van der Waals surface area contributed by atoms with Gasteiger partial charge in [0.05, 0.1) is 11.6 Å². The van der Waals surface area contributed by atoms with Crippen molar-refractivity contribution in [1.82, 2.24) is 5.32 Å². The first-order valence-electron chi connectivity index (χ1n) is 6.48. The summed E-state index contributed by atoms with van der Waals surface area (Å²) in [5.74, 6) is 0. The minimum absolute atomic E-state index is 0.0443. The lowest BCUT2D eigenvalue weighted by Crippen LogP contribution is -2.29. The van der Waals surface area contributed by atoms with Gasteiger partial charge in [0.2, 0.25) is 0 Å². The van der Waals surface area contributed by atoms with E-state index in [1.54, 1.807) is 6.07 Å². The van der Waals surface area contributed by atoms with Gasteiger partial charge < -0.3 is 5.32 Å². The zero-order valence-corrected chi connectivity index (χ0v) is 11.7. The molecule has 0 aliphatic rings. The standard InChI is InChI=1S/C15H19F3N2/c1-14(2,7-4-8-19)11-20-10-12-5-3-6-13(9-12)15(16,17)18/h3,5-6,9,20H,4,7,10-11H2,1-2H3. The first kappa shape index (κ1) is 16.5. The molecule has 0 aliphatic heterocycles. The highest BCUT2D eigenvalue weighted by Crippen LogP contribution is 2.29. The van der Waals surface area contributed by atoms with E-state index in [4.69, 9.17) is 5.26 Å². The Morgan fingerprint density at radius 3 is 2.55 bits per heavy atom. The van der Waals surface area contributed by atoms with Crippen LogP contribution in [0.4, 0.5) is 13.2 Å². The molecular weight excluding hydrogens is 265 g/mol. The Hall–Kier alpha value is -1.54. The molecule has 0 unspecified atom stereocenters. The van der Waals surface area contributed by atoms with Gasteiger partial charge in [-0.15, -0.1) is 0 Å². The van der Waals surface area contributed by atoms with Gasteiger partial charge in [0, 0.05) is 19.5 Å². The maximum Gasteiger partial charge on any atom is 0.416 e. The van der Waals surface area contributed by atoms with Gasteiger partial charge in [-0.2, -0.15) is 18.4 Å². The average molecular weight is 284 g/mol. The van der Waals surface area contributed by atoms with Crippen LogP contribution in [-0.2, 0) is 12.7 Å². The Morgan fingerprint density at radius 2 is 1.95 bits per heavy atom. The first-order chi connectivity index (χ1) is 9.24. The van der Waals surface area contributed by atoms with Crippen molar-refractivity contribution in [2.75, 3.05) is 6.54 Å². The van der Waals surface area contributed by atoms with Crippen LogP contribution in [0.3, 0.4) is 0 Å². The van der Waals surface area contributed by atoms with E-state index < -0.39 is 11.7 Å². The van der Waals surface area contributed by atoms with Crippen molar-refractivity contribution >= 4 is 0 Å². The van der Waals surface area contributed by atoms with Crippen molar-refractivity contribution in [3.05, 3.63) is 35.4 Å². The number of halogens is 3. The summed E-state index contributed by atoms with van der Waals surface area (Å²) in [4.78, 5) is 0.